The molecule has 0 aromatic heterocycles. The second kappa shape index (κ2) is 8.27. The molecule has 1 aromatic carbocycles. The average Bonchev–Trinajstić information content (AvgIpc) is 2.49. The molecule has 0 bridgehead atoms. The van der Waals surface area contributed by atoms with Crippen LogP contribution in [0.5, 0.6) is 0 Å². The number of hydrogen-bond acceptors (Lipinski definition) is 3. The predicted molar refractivity (Wildman–Crippen MR) is 80.0 cm³/mol. The zero-order chi connectivity index (χ0) is 14.1. The predicted octanol–water partition coefficient (Wildman–Crippen LogP) is 3.30. The summed E-state index contributed by atoms with van der Waals surface area (Å²) in [5, 5.41) is 0. The Balaban J connectivity index is 2.55. The van der Waals surface area contributed by atoms with Crippen molar-refractivity contribution in [2.45, 2.75) is 18.9 Å². The molecule has 0 radical (unpaired) electrons. The first-order valence-corrected chi connectivity index (χ1v) is 8.44. The number of allylic oxidation sites excluding steroid dienone is 1. The van der Waals surface area contributed by atoms with E-state index < -0.39 is 8.80 Å². The fourth-order valence-electron chi connectivity index (χ4n) is 2.14. The minimum absolute atomic E-state index is 0.412. The molecule has 0 amide bonds. The molecule has 3 nitrogen and oxygen atoms in total. The second-order valence-corrected chi connectivity index (χ2v) is 7.61. The third-order valence-corrected chi connectivity index (χ3v) is 6.20. The van der Waals surface area contributed by atoms with Gasteiger partial charge < -0.3 is 13.3 Å². The van der Waals surface area contributed by atoms with E-state index in [2.05, 4.69) is 30.8 Å². The molecule has 1 aromatic rings. The van der Waals surface area contributed by atoms with Crippen molar-refractivity contribution in [3.63, 3.8) is 0 Å². The van der Waals surface area contributed by atoms with E-state index in [1.807, 2.05) is 12.1 Å². The van der Waals surface area contributed by atoms with Crippen LogP contribution in [0.3, 0.4) is 0 Å². The lowest BCUT2D eigenvalue weighted by molar-refractivity contribution is 0.122. The topological polar surface area (TPSA) is 27.7 Å². The minimum Gasteiger partial charge on any atom is -0.377 e. The first-order valence-electron chi connectivity index (χ1n) is 6.51. The zero-order valence-corrected chi connectivity index (χ0v) is 13.1. The van der Waals surface area contributed by atoms with Gasteiger partial charge in [0, 0.05) is 27.4 Å². The Labute approximate surface area is 117 Å². The van der Waals surface area contributed by atoms with Gasteiger partial charge in [0.25, 0.3) is 0 Å². The molecule has 0 aliphatic heterocycles. The van der Waals surface area contributed by atoms with Crippen LogP contribution in [0.4, 0.5) is 0 Å². The fraction of sp³-hybridized carbons (Fsp3) is 0.467. The average molecular weight is 280 g/mol. The number of benzene rings is 1. The molecule has 106 valence electrons. The summed E-state index contributed by atoms with van der Waals surface area (Å²) in [7, 11) is 2.49. The highest BCUT2D eigenvalue weighted by Crippen LogP contribution is 2.22. The molecular formula is C15H24O3Si. The molecule has 0 N–H and O–H groups in total. The summed E-state index contributed by atoms with van der Waals surface area (Å²) in [4.78, 5) is 0. The molecule has 0 spiro atoms. The molecule has 19 heavy (non-hydrogen) atoms. The van der Waals surface area contributed by atoms with E-state index in [0.717, 1.165) is 18.9 Å². The van der Waals surface area contributed by atoms with E-state index in [-0.39, 0.29) is 0 Å². The van der Waals surface area contributed by atoms with Gasteiger partial charge in [-0.2, -0.15) is 0 Å². The highest BCUT2D eigenvalue weighted by molar-refractivity contribution is 6.60. The van der Waals surface area contributed by atoms with Gasteiger partial charge in [0.1, 0.15) is 0 Å². The Morgan fingerprint density at radius 2 is 1.68 bits per heavy atom. The van der Waals surface area contributed by atoms with Crippen molar-refractivity contribution in [2.75, 3.05) is 21.3 Å². The normalized spacial score (nSPS) is 13.2. The van der Waals surface area contributed by atoms with Crippen molar-refractivity contribution in [2.24, 2.45) is 5.92 Å². The summed E-state index contributed by atoms with van der Waals surface area (Å²) in [5.41, 5.74) is 1.33. The second-order valence-electron chi connectivity index (χ2n) is 4.52. The van der Waals surface area contributed by atoms with E-state index in [9.17, 15) is 0 Å². The first-order chi connectivity index (χ1) is 9.19. The van der Waals surface area contributed by atoms with Gasteiger partial charge in [0.2, 0.25) is 0 Å². The van der Waals surface area contributed by atoms with Gasteiger partial charge >= 0.3 is 8.80 Å². The van der Waals surface area contributed by atoms with E-state index in [1.165, 1.54) is 5.56 Å². The standard InChI is InChI=1S/C15H24O3Si/c1-5-14(13-15-9-7-6-8-10-15)11-12-19(16-2,17-3)18-4/h5-10,14H,1,11-13H2,2-4H3. The summed E-state index contributed by atoms with van der Waals surface area (Å²) >= 11 is 0. The molecule has 1 unspecified atom stereocenters. The van der Waals surface area contributed by atoms with Crippen LogP contribution in [0, 0.1) is 5.92 Å². The van der Waals surface area contributed by atoms with Crippen LogP contribution in [0.15, 0.2) is 43.0 Å². The van der Waals surface area contributed by atoms with Gasteiger partial charge in [-0.3, -0.25) is 0 Å². The molecule has 1 rings (SSSR count). The van der Waals surface area contributed by atoms with Crippen molar-refractivity contribution >= 4 is 8.80 Å². The number of hydrogen-bond donors (Lipinski definition) is 0. The lowest BCUT2D eigenvalue weighted by atomic mass is 9.97. The summed E-state index contributed by atoms with van der Waals surface area (Å²) in [6.07, 6.45) is 3.96. The zero-order valence-electron chi connectivity index (χ0n) is 12.1. The Bertz CT molecular complexity index is 355. The van der Waals surface area contributed by atoms with Crippen LogP contribution < -0.4 is 0 Å². The van der Waals surface area contributed by atoms with Crippen molar-refractivity contribution in [1.82, 2.24) is 0 Å². The highest BCUT2D eigenvalue weighted by atomic mass is 28.4. The van der Waals surface area contributed by atoms with Crippen LogP contribution in [0.25, 0.3) is 0 Å². The van der Waals surface area contributed by atoms with Crippen LogP contribution in [-0.2, 0) is 19.7 Å². The van der Waals surface area contributed by atoms with Crippen molar-refractivity contribution in [3.05, 3.63) is 48.6 Å². The molecule has 4 heteroatoms. The minimum atomic E-state index is -2.46. The van der Waals surface area contributed by atoms with Crippen LogP contribution in [0.1, 0.15) is 12.0 Å². The van der Waals surface area contributed by atoms with E-state index in [1.54, 1.807) is 21.3 Å². The summed E-state index contributed by atoms with van der Waals surface area (Å²) in [6.45, 7) is 3.93. The number of rotatable bonds is 9. The van der Waals surface area contributed by atoms with Gasteiger partial charge in [0.15, 0.2) is 0 Å². The van der Waals surface area contributed by atoms with Gasteiger partial charge in [0.05, 0.1) is 0 Å². The summed E-state index contributed by atoms with van der Waals surface area (Å²) < 4.78 is 16.3. The third kappa shape index (κ3) is 4.91. The summed E-state index contributed by atoms with van der Waals surface area (Å²) in [6, 6.07) is 11.3. The van der Waals surface area contributed by atoms with Crippen molar-refractivity contribution in [1.29, 1.82) is 0 Å². The molecule has 0 aliphatic carbocycles. The molecular weight excluding hydrogens is 256 g/mol. The molecule has 0 fully saturated rings. The molecule has 1 atom stereocenters. The Hall–Kier alpha value is -0.943. The smallest absolute Gasteiger partial charge is 0.377 e. The van der Waals surface area contributed by atoms with E-state index in [0.29, 0.717) is 5.92 Å². The largest absolute Gasteiger partial charge is 0.500 e. The van der Waals surface area contributed by atoms with Crippen molar-refractivity contribution < 1.29 is 13.3 Å². The van der Waals surface area contributed by atoms with Gasteiger partial charge in [-0.05, 0) is 24.3 Å². The SMILES string of the molecule is C=CC(CC[Si](OC)(OC)OC)Cc1ccccc1. The molecule has 0 saturated heterocycles. The van der Waals surface area contributed by atoms with E-state index in [4.69, 9.17) is 13.3 Å². The lowest BCUT2D eigenvalue weighted by Gasteiger charge is -2.25. The Morgan fingerprint density at radius 3 is 2.16 bits per heavy atom. The third-order valence-electron chi connectivity index (χ3n) is 3.43. The van der Waals surface area contributed by atoms with Gasteiger partial charge in [-0.25, -0.2) is 0 Å². The van der Waals surface area contributed by atoms with Crippen LogP contribution in [-0.4, -0.2) is 30.1 Å². The van der Waals surface area contributed by atoms with Gasteiger partial charge in [-0.1, -0.05) is 36.4 Å². The van der Waals surface area contributed by atoms with Crippen LogP contribution >= 0.6 is 0 Å². The molecule has 0 saturated carbocycles. The van der Waals surface area contributed by atoms with Crippen LogP contribution in [0.2, 0.25) is 6.04 Å². The molecule has 0 aliphatic rings. The maximum atomic E-state index is 5.44. The maximum Gasteiger partial charge on any atom is 0.500 e. The maximum absolute atomic E-state index is 5.44. The fourth-order valence-corrected chi connectivity index (χ4v) is 3.98. The van der Waals surface area contributed by atoms with Crippen molar-refractivity contribution in [3.8, 4) is 0 Å². The Morgan fingerprint density at radius 1 is 1.11 bits per heavy atom. The quantitative estimate of drug-likeness (QED) is 0.513. The first kappa shape index (κ1) is 16.1. The summed E-state index contributed by atoms with van der Waals surface area (Å²) in [5.74, 6) is 0.412. The Kier molecular flexibility index (Phi) is 7.01. The van der Waals surface area contributed by atoms with E-state index >= 15 is 0 Å². The molecule has 0 heterocycles. The lowest BCUT2D eigenvalue weighted by Crippen LogP contribution is -2.43. The highest BCUT2D eigenvalue weighted by Gasteiger charge is 2.37. The van der Waals surface area contributed by atoms with Gasteiger partial charge in [-0.15, -0.1) is 6.58 Å². The monoisotopic (exact) mass is 280 g/mol.